The minimum atomic E-state index is -4.82. The van der Waals surface area contributed by atoms with Gasteiger partial charge < -0.3 is 24.9 Å². The van der Waals surface area contributed by atoms with E-state index in [9.17, 15) is 27.9 Å². The highest BCUT2D eigenvalue weighted by Gasteiger charge is 2.32. The van der Waals surface area contributed by atoms with Crippen LogP contribution in [0.4, 0.5) is 13.2 Å². The Morgan fingerprint density at radius 3 is 2.74 bits per heavy atom. The molecule has 1 fully saturated rings. The third kappa shape index (κ3) is 4.70. The molecular weight excluding hydrogens is 369 g/mol. The number of alkyl halides is 3. The molecule has 2 aromatic rings. The van der Waals surface area contributed by atoms with Gasteiger partial charge in [0.15, 0.2) is 0 Å². The van der Waals surface area contributed by atoms with Crippen molar-refractivity contribution in [1.29, 1.82) is 0 Å². The Kier molecular flexibility index (Phi) is 5.26. The largest absolute Gasteiger partial charge is 0.573 e. The Labute approximate surface area is 151 Å². The monoisotopic (exact) mass is 386 g/mol. The van der Waals surface area contributed by atoms with Crippen LogP contribution in [0.15, 0.2) is 24.3 Å². The molecule has 0 saturated carbocycles. The molecular formula is C17H17F3N2O5. The molecule has 1 aliphatic rings. The predicted octanol–water partition coefficient (Wildman–Crippen LogP) is 2.68. The normalized spacial score (nSPS) is 18.9. The van der Waals surface area contributed by atoms with Gasteiger partial charge in [0, 0.05) is 29.5 Å². The molecule has 27 heavy (non-hydrogen) atoms. The van der Waals surface area contributed by atoms with E-state index in [4.69, 9.17) is 4.74 Å². The maximum absolute atomic E-state index is 12.4. The molecule has 0 radical (unpaired) electrons. The fourth-order valence-electron chi connectivity index (χ4n) is 3.05. The van der Waals surface area contributed by atoms with Crippen molar-refractivity contribution in [3.63, 3.8) is 0 Å². The van der Waals surface area contributed by atoms with Crippen molar-refractivity contribution < 1.29 is 37.3 Å². The Bertz CT molecular complexity index is 843. The number of hydrogen-bond acceptors (Lipinski definition) is 4. The number of aromatic amines is 1. The molecule has 146 valence electrons. The first-order chi connectivity index (χ1) is 12.7. The Morgan fingerprint density at radius 2 is 2.11 bits per heavy atom. The van der Waals surface area contributed by atoms with Crippen molar-refractivity contribution in [3.8, 4) is 5.75 Å². The fraction of sp³-hybridized carbons (Fsp3) is 0.412. The lowest BCUT2D eigenvalue weighted by atomic mass is 9.93. The summed E-state index contributed by atoms with van der Waals surface area (Å²) >= 11 is 0. The Balaban J connectivity index is 1.77. The molecule has 0 aliphatic carbocycles. The maximum atomic E-state index is 12.4. The van der Waals surface area contributed by atoms with Crippen molar-refractivity contribution in [1.82, 2.24) is 10.3 Å². The first-order valence-electron chi connectivity index (χ1n) is 8.23. The molecule has 1 aliphatic heterocycles. The number of carboxylic acid groups (broad SMARTS) is 1. The topological polar surface area (TPSA) is 101 Å². The number of benzene rings is 1. The molecule has 1 aromatic carbocycles. The number of ether oxygens (including phenoxy) is 2. The molecule has 1 saturated heterocycles. The summed E-state index contributed by atoms with van der Waals surface area (Å²) in [5.74, 6) is -2.61. The smallest absolute Gasteiger partial charge is 0.480 e. The molecule has 0 spiro atoms. The molecule has 2 unspecified atom stereocenters. The second kappa shape index (κ2) is 7.47. The van der Waals surface area contributed by atoms with Gasteiger partial charge in [0.05, 0.1) is 6.61 Å². The van der Waals surface area contributed by atoms with Crippen LogP contribution < -0.4 is 10.1 Å². The number of rotatable bonds is 5. The summed E-state index contributed by atoms with van der Waals surface area (Å²) in [5.41, 5.74) is 0.298. The van der Waals surface area contributed by atoms with Gasteiger partial charge in [0.1, 0.15) is 17.5 Å². The average Bonchev–Trinajstić information content (AvgIpc) is 3.02. The van der Waals surface area contributed by atoms with Gasteiger partial charge in [0.2, 0.25) is 0 Å². The molecule has 7 nitrogen and oxygen atoms in total. The van der Waals surface area contributed by atoms with Crippen LogP contribution in [-0.2, 0) is 9.53 Å². The van der Waals surface area contributed by atoms with E-state index in [0.29, 0.717) is 24.8 Å². The lowest BCUT2D eigenvalue weighted by Crippen LogP contribution is -2.48. The molecule has 0 bridgehead atoms. The van der Waals surface area contributed by atoms with Crippen LogP contribution in [0, 0.1) is 5.92 Å². The second-order valence-corrected chi connectivity index (χ2v) is 6.25. The van der Waals surface area contributed by atoms with Crippen molar-refractivity contribution in [2.24, 2.45) is 5.92 Å². The summed E-state index contributed by atoms with van der Waals surface area (Å²) < 4.78 is 46.0. The maximum Gasteiger partial charge on any atom is 0.573 e. The van der Waals surface area contributed by atoms with Crippen molar-refractivity contribution in [3.05, 3.63) is 30.0 Å². The summed E-state index contributed by atoms with van der Waals surface area (Å²) in [7, 11) is 0. The van der Waals surface area contributed by atoms with Crippen LogP contribution in [0.3, 0.4) is 0 Å². The van der Waals surface area contributed by atoms with E-state index in [2.05, 4.69) is 15.0 Å². The van der Waals surface area contributed by atoms with Crippen molar-refractivity contribution in [2.45, 2.75) is 25.2 Å². The number of amides is 1. The zero-order valence-corrected chi connectivity index (χ0v) is 14.0. The number of fused-ring (bicyclic) bond motifs is 1. The van der Waals surface area contributed by atoms with E-state index in [1.54, 1.807) is 0 Å². The van der Waals surface area contributed by atoms with E-state index >= 15 is 0 Å². The van der Waals surface area contributed by atoms with Crippen LogP contribution >= 0.6 is 0 Å². The van der Waals surface area contributed by atoms with Crippen LogP contribution in [-0.4, -0.2) is 47.6 Å². The summed E-state index contributed by atoms with van der Waals surface area (Å²) in [4.78, 5) is 26.6. The minimum Gasteiger partial charge on any atom is -0.480 e. The number of aliphatic carboxylic acids is 1. The number of carbonyl (C=O) groups is 2. The molecule has 10 heteroatoms. The number of hydrogen-bond donors (Lipinski definition) is 3. The third-order valence-electron chi connectivity index (χ3n) is 4.29. The highest BCUT2D eigenvalue weighted by atomic mass is 19.4. The van der Waals surface area contributed by atoms with Gasteiger partial charge in [-0.25, -0.2) is 4.79 Å². The van der Waals surface area contributed by atoms with E-state index in [1.807, 2.05) is 0 Å². The number of H-pyrrole nitrogens is 1. The van der Waals surface area contributed by atoms with Gasteiger partial charge in [-0.15, -0.1) is 13.2 Å². The summed E-state index contributed by atoms with van der Waals surface area (Å²) in [6.45, 7) is 0.795. The lowest BCUT2D eigenvalue weighted by Gasteiger charge is -2.27. The van der Waals surface area contributed by atoms with Gasteiger partial charge >= 0.3 is 12.3 Å². The van der Waals surface area contributed by atoms with E-state index in [-0.39, 0.29) is 23.7 Å². The summed E-state index contributed by atoms with van der Waals surface area (Å²) in [6, 6.07) is 3.92. The van der Waals surface area contributed by atoms with Crippen LogP contribution in [0.1, 0.15) is 23.3 Å². The second-order valence-electron chi connectivity index (χ2n) is 6.25. The average molecular weight is 386 g/mol. The number of carboxylic acids is 1. The van der Waals surface area contributed by atoms with Crippen molar-refractivity contribution >= 4 is 22.8 Å². The highest BCUT2D eigenvalue weighted by molar-refractivity contribution is 5.99. The zero-order valence-electron chi connectivity index (χ0n) is 14.0. The van der Waals surface area contributed by atoms with Crippen LogP contribution in [0.5, 0.6) is 5.75 Å². The van der Waals surface area contributed by atoms with Gasteiger partial charge in [0.25, 0.3) is 5.91 Å². The van der Waals surface area contributed by atoms with Crippen LogP contribution in [0.25, 0.3) is 10.9 Å². The SMILES string of the molecule is O=C(NC(C(=O)O)C1CCCOC1)c1cc2ccc(OC(F)(F)F)cc2[nH]1. The van der Waals surface area contributed by atoms with E-state index < -0.39 is 30.0 Å². The van der Waals surface area contributed by atoms with Crippen molar-refractivity contribution in [2.75, 3.05) is 13.2 Å². The predicted molar refractivity (Wildman–Crippen MR) is 87.4 cm³/mol. The molecule has 3 N–H and O–H groups in total. The molecule has 1 aromatic heterocycles. The first kappa shape index (κ1) is 19.0. The summed E-state index contributed by atoms with van der Waals surface area (Å²) in [5, 5.41) is 12.3. The Morgan fingerprint density at radius 1 is 1.33 bits per heavy atom. The molecule has 3 rings (SSSR count). The molecule has 2 atom stereocenters. The zero-order chi connectivity index (χ0) is 19.6. The van der Waals surface area contributed by atoms with E-state index in [1.165, 1.54) is 12.1 Å². The Hall–Kier alpha value is -2.75. The fourth-order valence-corrected chi connectivity index (χ4v) is 3.05. The standard InChI is InChI=1S/C17H17F3N2O5/c18-17(19,20)27-11-4-3-9-6-13(21-12(9)7-11)15(23)22-14(16(24)25)10-2-1-5-26-8-10/h3-4,6-7,10,14,21H,1-2,5,8H2,(H,22,23)(H,24,25). The highest BCUT2D eigenvalue weighted by Crippen LogP contribution is 2.27. The van der Waals surface area contributed by atoms with Gasteiger partial charge in [-0.1, -0.05) is 0 Å². The first-order valence-corrected chi connectivity index (χ1v) is 8.23. The number of carbonyl (C=O) groups excluding carboxylic acids is 1. The molecule has 1 amide bonds. The van der Waals surface area contributed by atoms with Gasteiger partial charge in [-0.2, -0.15) is 0 Å². The summed E-state index contributed by atoms with van der Waals surface area (Å²) in [6.07, 6.45) is -3.50. The minimum absolute atomic E-state index is 0.0390. The number of halogens is 3. The van der Waals surface area contributed by atoms with Gasteiger partial charge in [-0.3, -0.25) is 4.79 Å². The quantitative estimate of drug-likeness (QED) is 0.734. The van der Waals surface area contributed by atoms with E-state index in [0.717, 1.165) is 12.1 Å². The number of nitrogens with one attached hydrogen (secondary N) is 2. The number of aromatic nitrogens is 1. The third-order valence-corrected chi connectivity index (χ3v) is 4.29. The lowest BCUT2D eigenvalue weighted by molar-refractivity contribution is -0.274. The van der Waals surface area contributed by atoms with Gasteiger partial charge in [-0.05, 0) is 31.0 Å². The van der Waals surface area contributed by atoms with Crippen LogP contribution in [0.2, 0.25) is 0 Å². The molecule has 2 heterocycles.